The Morgan fingerprint density at radius 1 is 0.921 bits per heavy atom. The van der Waals surface area contributed by atoms with E-state index in [0.29, 0.717) is 0 Å². The summed E-state index contributed by atoms with van der Waals surface area (Å²) in [7, 11) is 0. The van der Waals surface area contributed by atoms with Crippen molar-refractivity contribution in [1.82, 2.24) is 40.4 Å². The Morgan fingerprint density at radius 2 is 1.84 bits per heavy atom. The summed E-state index contributed by atoms with van der Waals surface area (Å²) in [6.45, 7) is 1.90. The summed E-state index contributed by atoms with van der Waals surface area (Å²) >= 11 is 0. The molecule has 0 radical (unpaired) electrons. The van der Waals surface area contributed by atoms with E-state index < -0.39 is 0 Å². The SMILES string of the molecule is c1cncc(-c2ccnc3[nH]c(-c4n[nH]c5ccc(-c6cncc(CNCC7CCCC7)c6)nc45)cc23)c1. The Kier molecular flexibility index (Phi) is 5.86. The molecule has 6 heterocycles. The van der Waals surface area contributed by atoms with Crippen molar-refractivity contribution >= 4 is 22.1 Å². The smallest absolute Gasteiger partial charge is 0.138 e. The molecule has 0 unspecified atom stereocenters. The van der Waals surface area contributed by atoms with Gasteiger partial charge < -0.3 is 10.3 Å². The summed E-state index contributed by atoms with van der Waals surface area (Å²) in [5, 5.41) is 12.4. The topological polar surface area (TPSA) is 108 Å². The number of fused-ring (bicyclic) bond motifs is 2. The first-order valence-electron chi connectivity index (χ1n) is 13.2. The molecule has 0 saturated heterocycles. The zero-order valence-electron chi connectivity index (χ0n) is 21.0. The van der Waals surface area contributed by atoms with Gasteiger partial charge in [0, 0.05) is 54.0 Å². The average Bonchev–Trinajstić information content (AvgIpc) is 3.73. The van der Waals surface area contributed by atoms with Crippen LogP contribution in [0, 0.1) is 5.92 Å². The highest BCUT2D eigenvalue weighted by atomic mass is 15.1. The van der Waals surface area contributed by atoms with Gasteiger partial charge in [0.2, 0.25) is 0 Å². The third kappa shape index (κ3) is 4.33. The molecule has 0 bridgehead atoms. The highest BCUT2D eigenvalue weighted by Crippen LogP contribution is 2.33. The highest BCUT2D eigenvalue weighted by Gasteiger charge is 2.17. The zero-order chi connectivity index (χ0) is 25.3. The minimum absolute atomic E-state index is 0.763. The van der Waals surface area contributed by atoms with E-state index in [-0.39, 0.29) is 0 Å². The summed E-state index contributed by atoms with van der Waals surface area (Å²) in [6.07, 6.45) is 14.7. The van der Waals surface area contributed by atoms with Gasteiger partial charge in [-0.3, -0.25) is 15.1 Å². The number of hydrogen-bond donors (Lipinski definition) is 3. The molecule has 0 spiro atoms. The van der Waals surface area contributed by atoms with Crippen LogP contribution in [0.1, 0.15) is 31.2 Å². The van der Waals surface area contributed by atoms with Crippen LogP contribution in [0.15, 0.2) is 73.4 Å². The number of hydrogen-bond acceptors (Lipinski definition) is 6. The minimum Gasteiger partial charge on any atom is -0.338 e. The van der Waals surface area contributed by atoms with Crippen molar-refractivity contribution in [1.29, 1.82) is 0 Å². The predicted molar refractivity (Wildman–Crippen MR) is 149 cm³/mol. The zero-order valence-corrected chi connectivity index (χ0v) is 21.0. The van der Waals surface area contributed by atoms with Crippen LogP contribution < -0.4 is 5.32 Å². The lowest BCUT2D eigenvalue weighted by atomic mass is 10.1. The van der Waals surface area contributed by atoms with Gasteiger partial charge >= 0.3 is 0 Å². The van der Waals surface area contributed by atoms with Gasteiger partial charge in [-0.2, -0.15) is 5.10 Å². The van der Waals surface area contributed by atoms with Gasteiger partial charge in [0.15, 0.2) is 0 Å². The van der Waals surface area contributed by atoms with Crippen molar-refractivity contribution in [3.63, 3.8) is 0 Å². The number of H-pyrrole nitrogens is 2. The molecule has 8 heteroatoms. The van der Waals surface area contributed by atoms with Gasteiger partial charge in [-0.15, -0.1) is 0 Å². The van der Waals surface area contributed by atoms with Gasteiger partial charge in [0.1, 0.15) is 16.9 Å². The second-order valence-electron chi connectivity index (χ2n) is 10.1. The molecule has 188 valence electrons. The number of aromatic amines is 2. The maximum absolute atomic E-state index is 5.01. The van der Waals surface area contributed by atoms with Crippen LogP contribution in [0.25, 0.3) is 55.8 Å². The van der Waals surface area contributed by atoms with Crippen LogP contribution in [-0.2, 0) is 6.54 Å². The fourth-order valence-corrected chi connectivity index (χ4v) is 5.54. The monoisotopic (exact) mass is 500 g/mol. The van der Waals surface area contributed by atoms with Crippen LogP contribution >= 0.6 is 0 Å². The third-order valence-corrected chi connectivity index (χ3v) is 7.49. The minimum atomic E-state index is 0.763. The number of nitrogens with one attached hydrogen (secondary N) is 3. The lowest BCUT2D eigenvalue weighted by molar-refractivity contribution is 0.489. The van der Waals surface area contributed by atoms with E-state index in [9.17, 15) is 0 Å². The summed E-state index contributed by atoms with van der Waals surface area (Å²) in [6, 6.07) is 14.3. The fourth-order valence-electron chi connectivity index (χ4n) is 5.54. The first kappa shape index (κ1) is 22.7. The average molecular weight is 501 g/mol. The number of pyridine rings is 4. The van der Waals surface area contributed by atoms with E-state index in [4.69, 9.17) is 4.98 Å². The fraction of sp³-hybridized carbons (Fsp3) is 0.233. The maximum Gasteiger partial charge on any atom is 0.138 e. The third-order valence-electron chi connectivity index (χ3n) is 7.49. The molecule has 1 saturated carbocycles. The Labute approximate surface area is 220 Å². The van der Waals surface area contributed by atoms with E-state index in [2.05, 4.69) is 53.6 Å². The van der Waals surface area contributed by atoms with Crippen LogP contribution in [0.3, 0.4) is 0 Å². The normalized spacial score (nSPS) is 14.1. The molecule has 0 amide bonds. The number of aromatic nitrogens is 7. The quantitative estimate of drug-likeness (QED) is 0.252. The molecular weight excluding hydrogens is 472 g/mol. The van der Waals surface area contributed by atoms with Crippen molar-refractivity contribution in [2.24, 2.45) is 5.92 Å². The van der Waals surface area contributed by atoms with Gasteiger partial charge in [-0.1, -0.05) is 18.9 Å². The van der Waals surface area contributed by atoms with Crippen LogP contribution in [-0.4, -0.2) is 41.7 Å². The molecule has 7 rings (SSSR count). The van der Waals surface area contributed by atoms with Gasteiger partial charge in [-0.25, -0.2) is 9.97 Å². The predicted octanol–water partition coefficient (Wildman–Crippen LogP) is 5.91. The molecule has 38 heavy (non-hydrogen) atoms. The maximum atomic E-state index is 5.01. The molecule has 6 aromatic rings. The first-order valence-corrected chi connectivity index (χ1v) is 13.2. The Bertz CT molecular complexity index is 1710. The Balaban J connectivity index is 1.20. The molecular formula is C30H28N8. The number of nitrogens with zero attached hydrogens (tertiary/aromatic N) is 5. The summed E-state index contributed by atoms with van der Waals surface area (Å²) < 4.78 is 0. The van der Waals surface area contributed by atoms with Crippen molar-refractivity contribution < 1.29 is 0 Å². The molecule has 6 aromatic heterocycles. The summed E-state index contributed by atoms with van der Waals surface area (Å²) in [4.78, 5) is 21.8. The van der Waals surface area contributed by atoms with Crippen molar-refractivity contribution in [2.75, 3.05) is 6.54 Å². The van der Waals surface area contributed by atoms with Crippen LogP contribution in [0.5, 0.6) is 0 Å². The molecule has 3 N–H and O–H groups in total. The molecule has 1 fully saturated rings. The van der Waals surface area contributed by atoms with Crippen LogP contribution in [0.4, 0.5) is 0 Å². The standard InChI is InChI=1S/C30H28N8/c1-2-5-19(4-1)14-32-15-20-12-22(18-33-16-20)25-7-8-26-28(35-25)29(38-37-26)27-13-24-23(9-11-34-30(24)36-27)21-6-3-10-31-17-21/h3,6-13,16-19,32H,1-2,4-5,14-15H2,(H,34,36)(H,37,38). The molecule has 1 aliphatic rings. The van der Waals surface area contributed by atoms with E-state index in [0.717, 1.165) is 74.8 Å². The Hall–Kier alpha value is -4.43. The molecule has 8 nitrogen and oxygen atoms in total. The van der Waals surface area contributed by atoms with Crippen molar-refractivity contribution in [3.8, 4) is 33.8 Å². The van der Waals surface area contributed by atoms with E-state index in [1.54, 1.807) is 6.20 Å². The summed E-state index contributed by atoms with van der Waals surface area (Å²) in [5.41, 5.74) is 9.27. The van der Waals surface area contributed by atoms with Gasteiger partial charge in [0.05, 0.1) is 16.9 Å². The lowest BCUT2D eigenvalue weighted by Crippen LogP contribution is -2.20. The highest BCUT2D eigenvalue weighted by molar-refractivity contribution is 5.98. The molecule has 0 atom stereocenters. The molecule has 1 aliphatic carbocycles. The summed E-state index contributed by atoms with van der Waals surface area (Å²) in [5.74, 6) is 0.815. The van der Waals surface area contributed by atoms with E-state index >= 15 is 0 Å². The first-order chi connectivity index (χ1) is 18.8. The number of rotatable bonds is 7. The van der Waals surface area contributed by atoms with Gasteiger partial charge in [-0.05, 0) is 72.8 Å². The van der Waals surface area contributed by atoms with Crippen LogP contribution in [0.2, 0.25) is 0 Å². The molecule has 0 aromatic carbocycles. The lowest BCUT2D eigenvalue weighted by Gasteiger charge is -2.11. The van der Waals surface area contributed by atoms with E-state index in [1.807, 2.05) is 49.1 Å². The second-order valence-corrected chi connectivity index (χ2v) is 10.1. The Morgan fingerprint density at radius 3 is 2.74 bits per heavy atom. The largest absolute Gasteiger partial charge is 0.338 e. The molecule has 0 aliphatic heterocycles. The van der Waals surface area contributed by atoms with Crippen molar-refractivity contribution in [2.45, 2.75) is 32.2 Å². The van der Waals surface area contributed by atoms with E-state index in [1.165, 1.54) is 31.2 Å². The second kappa shape index (κ2) is 9.79. The van der Waals surface area contributed by atoms with Gasteiger partial charge in [0.25, 0.3) is 0 Å². The van der Waals surface area contributed by atoms with Crippen molar-refractivity contribution in [3.05, 3.63) is 79.0 Å².